The topological polar surface area (TPSA) is 55.6 Å². The van der Waals surface area contributed by atoms with Gasteiger partial charge in [-0.05, 0) is 13.0 Å². The van der Waals surface area contributed by atoms with Gasteiger partial charge in [-0.1, -0.05) is 0 Å². The van der Waals surface area contributed by atoms with E-state index in [4.69, 9.17) is 0 Å². The summed E-state index contributed by atoms with van der Waals surface area (Å²) in [4.78, 5) is 7.90. The number of anilines is 1. The molecule has 16 heavy (non-hydrogen) atoms. The Balaban J connectivity index is 2.42. The summed E-state index contributed by atoms with van der Waals surface area (Å²) >= 11 is 0. The van der Waals surface area contributed by atoms with Crippen LogP contribution in [0.4, 0.5) is 10.3 Å². The van der Waals surface area contributed by atoms with Gasteiger partial charge in [-0.25, -0.2) is 14.4 Å². The van der Waals surface area contributed by atoms with Gasteiger partial charge in [0.25, 0.3) is 0 Å². The van der Waals surface area contributed by atoms with Crippen molar-refractivity contribution in [1.29, 1.82) is 0 Å². The summed E-state index contributed by atoms with van der Waals surface area (Å²) in [5, 5.41) is 7.03. The number of hydrogen-bond donors (Lipinski definition) is 1. The van der Waals surface area contributed by atoms with Crippen molar-refractivity contribution in [2.24, 2.45) is 7.05 Å². The summed E-state index contributed by atoms with van der Waals surface area (Å²) in [5.74, 6) is -0.0649. The van der Waals surface area contributed by atoms with Crippen LogP contribution in [0.2, 0.25) is 0 Å². The maximum Gasteiger partial charge on any atom is 0.223 e. The molecule has 0 unspecified atom stereocenters. The smallest absolute Gasteiger partial charge is 0.223 e. The van der Waals surface area contributed by atoms with Crippen LogP contribution in [0.25, 0.3) is 11.4 Å². The Morgan fingerprint density at radius 2 is 2.31 bits per heavy atom. The van der Waals surface area contributed by atoms with Gasteiger partial charge in [0.2, 0.25) is 5.95 Å². The van der Waals surface area contributed by atoms with Crippen LogP contribution in [-0.2, 0) is 7.05 Å². The third-order valence-corrected chi connectivity index (χ3v) is 2.04. The molecular formula is C10H12FN5. The molecule has 0 radical (unpaired) electrons. The molecule has 0 saturated carbocycles. The number of nitrogens with zero attached hydrogens (tertiary/aromatic N) is 4. The second-order valence-electron chi connectivity index (χ2n) is 3.30. The summed E-state index contributed by atoms with van der Waals surface area (Å²) < 4.78 is 15.1. The van der Waals surface area contributed by atoms with Crippen molar-refractivity contribution in [3.63, 3.8) is 0 Å². The minimum Gasteiger partial charge on any atom is -0.354 e. The summed E-state index contributed by atoms with van der Waals surface area (Å²) in [7, 11) is 1.77. The highest BCUT2D eigenvalue weighted by atomic mass is 19.1. The van der Waals surface area contributed by atoms with Crippen LogP contribution >= 0.6 is 0 Å². The second-order valence-corrected chi connectivity index (χ2v) is 3.30. The molecule has 0 spiro atoms. The van der Waals surface area contributed by atoms with E-state index in [0.29, 0.717) is 18.2 Å². The minimum absolute atomic E-state index is 0.214. The number of aryl methyl sites for hydroxylation is 1. The van der Waals surface area contributed by atoms with Crippen LogP contribution in [0.3, 0.4) is 0 Å². The van der Waals surface area contributed by atoms with Gasteiger partial charge in [0.05, 0.1) is 6.20 Å². The lowest BCUT2D eigenvalue weighted by molar-refractivity contribution is 0.617. The van der Waals surface area contributed by atoms with Crippen LogP contribution in [0.1, 0.15) is 6.92 Å². The molecule has 0 aromatic carbocycles. The van der Waals surface area contributed by atoms with E-state index >= 15 is 0 Å². The summed E-state index contributed by atoms with van der Waals surface area (Å²) in [6.07, 6.45) is 2.89. The van der Waals surface area contributed by atoms with Crippen molar-refractivity contribution >= 4 is 5.95 Å². The number of halogens is 1. The van der Waals surface area contributed by atoms with Gasteiger partial charge in [-0.15, -0.1) is 0 Å². The van der Waals surface area contributed by atoms with Gasteiger partial charge < -0.3 is 5.32 Å². The molecule has 2 aromatic rings. The number of aromatic nitrogens is 4. The van der Waals surface area contributed by atoms with E-state index in [2.05, 4.69) is 20.4 Å². The Morgan fingerprint density at radius 1 is 1.50 bits per heavy atom. The first-order valence-corrected chi connectivity index (χ1v) is 4.97. The average Bonchev–Trinajstić information content (AvgIpc) is 2.68. The predicted octanol–water partition coefficient (Wildman–Crippen LogP) is 1.45. The quantitative estimate of drug-likeness (QED) is 0.852. The van der Waals surface area contributed by atoms with E-state index in [1.165, 1.54) is 0 Å². The molecule has 6 heteroatoms. The first-order chi connectivity index (χ1) is 7.70. The number of hydrogen-bond acceptors (Lipinski definition) is 4. The third-order valence-electron chi connectivity index (χ3n) is 2.04. The molecule has 5 nitrogen and oxygen atoms in total. The Bertz CT molecular complexity index is 494. The van der Waals surface area contributed by atoms with E-state index in [0.717, 1.165) is 6.20 Å². The van der Waals surface area contributed by atoms with E-state index in [1.807, 2.05) is 6.92 Å². The molecule has 2 heterocycles. The van der Waals surface area contributed by atoms with Crippen LogP contribution in [0, 0.1) is 5.82 Å². The Kier molecular flexibility index (Phi) is 2.80. The van der Waals surface area contributed by atoms with Gasteiger partial charge in [0, 0.05) is 19.8 Å². The maximum atomic E-state index is 13.5. The SMILES string of the molecule is CCNc1ncc(F)c(-c2ccn(C)n2)n1. The zero-order chi connectivity index (χ0) is 11.5. The average molecular weight is 221 g/mol. The minimum atomic E-state index is -0.472. The largest absolute Gasteiger partial charge is 0.354 e. The maximum absolute atomic E-state index is 13.5. The van der Waals surface area contributed by atoms with Gasteiger partial charge in [0.1, 0.15) is 11.4 Å². The standard InChI is InChI=1S/C10H12FN5/c1-3-12-10-13-6-7(11)9(14-10)8-4-5-16(2)15-8/h4-6H,3H2,1-2H3,(H,12,13,14). The van der Waals surface area contributed by atoms with Crippen molar-refractivity contribution in [2.75, 3.05) is 11.9 Å². The monoisotopic (exact) mass is 221 g/mol. The lowest BCUT2D eigenvalue weighted by Gasteiger charge is -2.03. The first kappa shape index (κ1) is 10.5. The lowest BCUT2D eigenvalue weighted by Crippen LogP contribution is -2.04. The van der Waals surface area contributed by atoms with Crippen LogP contribution in [0.15, 0.2) is 18.5 Å². The predicted molar refractivity (Wildman–Crippen MR) is 58.4 cm³/mol. The van der Waals surface area contributed by atoms with Crippen molar-refractivity contribution in [2.45, 2.75) is 6.92 Å². The molecule has 2 aromatic heterocycles. The highest BCUT2D eigenvalue weighted by molar-refractivity contribution is 5.55. The van der Waals surface area contributed by atoms with Gasteiger partial charge in [0.15, 0.2) is 5.82 Å². The van der Waals surface area contributed by atoms with Crippen LogP contribution in [0.5, 0.6) is 0 Å². The first-order valence-electron chi connectivity index (χ1n) is 4.97. The number of rotatable bonds is 3. The van der Waals surface area contributed by atoms with Crippen molar-refractivity contribution in [3.8, 4) is 11.4 Å². The molecule has 0 amide bonds. The Morgan fingerprint density at radius 3 is 2.94 bits per heavy atom. The zero-order valence-electron chi connectivity index (χ0n) is 9.11. The molecule has 0 bridgehead atoms. The molecule has 0 saturated heterocycles. The summed E-state index contributed by atoms with van der Waals surface area (Å²) in [5.41, 5.74) is 0.716. The third kappa shape index (κ3) is 2.00. The number of nitrogens with one attached hydrogen (secondary N) is 1. The van der Waals surface area contributed by atoms with E-state index in [9.17, 15) is 4.39 Å². The molecule has 2 rings (SSSR count). The van der Waals surface area contributed by atoms with Gasteiger partial charge in [-0.3, -0.25) is 4.68 Å². The Hall–Kier alpha value is -1.98. The van der Waals surface area contributed by atoms with Crippen molar-refractivity contribution in [3.05, 3.63) is 24.3 Å². The van der Waals surface area contributed by atoms with Crippen molar-refractivity contribution < 1.29 is 4.39 Å². The molecular weight excluding hydrogens is 209 g/mol. The fraction of sp³-hybridized carbons (Fsp3) is 0.300. The molecule has 84 valence electrons. The summed E-state index contributed by atoms with van der Waals surface area (Å²) in [6.45, 7) is 2.61. The second kappa shape index (κ2) is 4.26. The van der Waals surface area contributed by atoms with E-state index < -0.39 is 5.82 Å². The molecule has 0 aliphatic heterocycles. The molecule has 0 atom stereocenters. The molecule has 0 aliphatic rings. The van der Waals surface area contributed by atoms with Gasteiger partial charge >= 0.3 is 0 Å². The van der Waals surface area contributed by atoms with Crippen LogP contribution in [-0.4, -0.2) is 26.3 Å². The summed E-state index contributed by atoms with van der Waals surface area (Å²) in [6, 6.07) is 1.71. The lowest BCUT2D eigenvalue weighted by atomic mass is 10.3. The normalized spacial score (nSPS) is 10.4. The molecule has 0 aliphatic carbocycles. The van der Waals surface area contributed by atoms with E-state index in [-0.39, 0.29) is 5.69 Å². The fourth-order valence-corrected chi connectivity index (χ4v) is 1.33. The zero-order valence-corrected chi connectivity index (χ0v) is 9.11. The fourth-order valence-electron chi connectivity index (χ4n) is 1.33. The molecule has 0 fully saturated rings. The van der Waals surface area contributed by atoms with Crippen LogP contribution < -0.4 is 5.32 Å². The molecule has 1 N–H and O–H groups in total. The highest BCUT2D eigenvalue weighted by Crippen LogP contribution is 2.18. The highest BCUT2D eigenvalue weighted by Gasteiger charge is 2.11. The van der Waals surface area contributed by atoms with E-state index in [1.54, 1.807) is 24.0 Å². The van der Waals surface area contributed by atoms with Gasteiger partial charge in [-0.2, -0.15) is 5.10 Å². The van der Waals surface area contributed by atoms with Crippen molar-refractivity contribution in [1.82, 2.24) is 19.7 Å². The Labute approximate surface area is 92.3 Å².